The molecule has 1 heterocycles. The average Bonchev–Trinajstić information content (AvgIpc) is 2.55. The van der Waals surface area contributed by atoms with Crippen molar-refractivity contribution in [3.05, 3.63) is 72.3 Å². The first-order valence-corrected chi connectivity index (χ1v) is 7.23. The van der Waals surface area contributed by atoms with Crippen LogP contribution in [0.2, 0.25) is 0 Å². The third-order valence-corrected chi connectivity index (χ3v) is 3.53. The number of aliphatic hydroxyl groups is 1. The van der Waals surface area contributed by atoms with Crippen molar-refractivity contribution in [3.8, 4) is 5.75 Å². The summed E-state index contributed by atoms with van der Waals surface area (Å²) in [6.07, 6.45) is 1.11. The van der Waals surface area contributed by atoms with E-state index in [1.807, 2.05) is 48.5 Å². The summed E-state index contributed by atoms with van der Waals surface area (Å²) in [6.45, 7) is 0.528. The molecule has 1 atom stereocenters. The Morgan fingerprint density at radius 2 is 1.77 bits per heavy atom. The van der Waals surface area contributed by atoms with Gasteiger partial charge in [0.15, 0.2) is 0 Å². The molecule has 2 aromatic carbocycles. The number of aromatic nitrogens is 1. The van der Waals surface area contributed by atoms with Crippen LogP contribution >= 0.6 is 0 Å². The third-order valence-electron chi connectivity index (χ3n) is 3.53. The molecule has 0 bridgehead atoms. The molecule has 0 radical (unpaired) electrons. The van der Waals surface area contributed by atoms with Crippen LogP contribution in [0.5, 0.6) is 5.75 Å². The van der Waals surface area contributed by atoms with Gasteiger partial charge in [-0.3, -0.25) is 5.41 Å². The summed E-state index contributed by atoms with van der Waals surface area (Å²) < 4.78 is 7.46. The fourth-order valence-corrected chi connectivity index (χ4v) is 2.42. The zero-order valence-corrected chi connectivity index (χ0v) is 12.1. The van der Waals surface area contributed by atoms with E-state index in [2.05, 4.69) is 0 Å². The van der Waals surface area contributed by atoms with Gasteiger partial charge in [-0.25, -0.2) is 0 Å². The first-order valence-electron chi connectivity index (χ1n) is 7.23. The van der Waals surface area contributed by atoms with E-state index >= 15 is 0 Å². The highest BCUT2D eigenvalue weighted by Gasteiger charge is 2.08. The number of hydrogen-bond acceptors (Lipinski definition) is 3. The quantitative estimate of drug-likeness (QED) is 0.760. The summed E-state index contributed by atoms with van der Waals surface area (Å²) in [5.41, 5.74) is 0.367. The standard InChI is InChI=1S/C18H18N2O2/c19-18-10-3-4-11-20(18)12-15(21)13-22-17-9-5-7-14-6-1-2-8-16(14)17/h1-11,15,19,21H,12-13H2. The van der Waals surface area contributed by atoms with E-state index in [0.717, 1.165) is 16.5 Å². The van der Waals surface area contributed by atoms with Gasteiger partial charge in [-0.05, 0) is 23.6 Å². The van der Waals surface area contributed by atoms with E-state index in [0.29, 0.717) is 12.0 Å². The SMILES string of the molecule is N=c1ccccn1CC(O)COc1cccc2ccccc12. The largest absolute Gasteiger partial charge is 0.490 e. The van der Waals surface area contributed by atoms with Gasteiger partial charge in [0.1, 0.15) is 23.9 Å². The van der Waals surface area contributed by atoms with Crippen molar-refractivity contribution in [3.63, 3.8) is 0 Å². The maximum atomic E-state index is 10.1. The minimum atomic E-state index is -0.671. The van der Waals surface area contributed by atoms with Gasteiger partial charge in [0.25, 0.3) is 0 Å². The van der Waals surface area contributed by atoms with E-state index in [9.17, 15) is 5.11 Å². The second-order valence-electron chi connectivity index (χ2n) is 5.18. The number of nitrogens with one attached hydrogen (secondary N) is 1. The normalized spacial score (nSPS) is 12.2. The smallest absolute Gasteiger partial charge is 0.127 e. The Morgan fingerprint density at radius 1 is 1.00 bits per heavy atom. The van der Waals surface area contributed by atoms with Gasteiger partial charge in [0.2, 0.25) is 0 Å². The number of ether oxygens (including phenoxy) is 1. The number of aliphatic hydroxyl groups excluding tert-OH is 1. The lowest BCUT2D eigenvalue weighted by molar-refractivity contribution is 0.0920. The summed E-state index contributed by atoms with van der Waals surface area (Å²) in [5.74, 6) is 0.765. The first-order chi connectivity index (χ1) is 10.7. The summed E-state index contributed by atoms with van der Waals surface area (Å²) in [7, 11) is 0. The molecule has 3 rings (SSSR count). The topological polar surface area (TPSA) is 58.2 Å². The molecular formula is C18H18N2O2. The van der Waals surface area contributed by atoms with E-state index in [4.69, 9.17) is 10.1 Å². The summed E-state index contributed by atoms with van der Waals surface area (Å²) in [5, 5.41) is 20.1. The fraction of sp³-hybridized carbons (Fsp3) is 0.167. The van der Waals surface area contributed by atoms with Crippen molar-refractivity contribution < 1.29 is 9.84 Å². The number of rotatable bonds is 5. The van der Waals surface area contributed by atoms with Gasteiger partial charge in [-0.1, -0.05) is 42.5 Å². The monoisotopic (exact) mass is 294 g/mol. The molecule has 3 aromatic rings. The Kier molecular flexibility index (Phi) is 4.21. The molecule has 0 amide bonds. The van der Waals surface area contributed by atoms with Gasteiger partial charge in [0, 0.05) is 11.6 Å². The van der Waals surface area contributed by atoms with E-state index in [1.165, 1.54) is 0 Å². The van der Waals surface area contributed by atoms with E-state index in [1.54, 1.807) is 22.9 Å². The van der Waals surface area contributed by atoms with Crippen molar-refractivity contribution in [1.29, 1.82) is 5.41 Å². The summed E-state index contributed by atoms with van der Waals surface area (Å²) in [4.78, 5) is 0. The number of benzene rings is 2. The van der Waals surface area contributed by atoms with E-state index < -0.39 is 6.10 Å². The van der Waals surface area contributed by atoms with Gasteiger partial charge in [-0.2, -0.15) is 0 Å². The third kappa shape index (κ3) is 3.18. The maximum absolute atomic E-state index is 10.1. The Labute approximate surface area is 128 Å². The van der Waals surface area contributed by atoms with Crippen molar-refractivity contribution in [2.75, 3.05) is 6.61 Å². The van der Waals surface area contributed by atoms with E-state index in [-0.39, 0.29) is 6.61 Å². The molecule has 0 aliphatic rings. The van der Waals surface area contributed by atoms with Crippen molar-refractivity contribution in [2.24, 2.45) is 0 Å². The molecule has 22 heavy (non-hydrogen) atoms. The molecule has 0 fully saturated rings. The number of nitrogens with zero attached hydrogens (tertiary/aromatic N) is 1. The van der Waals surface area contributed by atoms with Crippen LogP contribution in [0, 0.1) is 5.41 Å². The minimum absolute atomic E-state index is 0.190. The van der Waals surface area contributed by atoms with Crippen LogP contribution in [-0.2, 0) is 6.54 Å². The zero-order valence-electron chi connectivity index (χ0n) is 12.1. The fourth-order valence-electron chi connectivity index (χ4n) is 2.42. The molecule has 0 spiro atoms. The minimum Gasteiger partial charge on any atom is -0.490 e. The summed E-state index contributed by atoms with van der Waals surface area (Å²) >= 11 is 0. The maximum Gasteiger partial charge on any atom is 0.127 e. The molecule has 0 aliphatic heterocycles. The molecule has 0 saturated carbocycles. The second-order valence-corrected chi connectivity index (χ2v) is 5.18. The van der Waals surface area contributed by atoms with Crippen LogP contribution in [0.25, 0.3) is 10.8 Å². The number of fused-ring (bicyclic) bond motifs is 1. The predicted octanol–water partition coefficient (Wildman–Crippen LogP) is 2.56. The second kappa shape index (κ2) is 6.45. The molecule has 1 unspecified atom stereocenters. The van der Waals surface area contributed by atoms with Crippen LogP contribution in [-0.4, -0.2) is 22.4 Å². The zero-order chi connectivity index (χ0) is 15.4. The van der Waals surface area contributed by atoms with Crippen LogP contribution in [0.15, 0.2) is 66.9 Å². The van der Waals surface area contributed by atoms with Crippen molar-refractivity contribution in [1.82, 2.24) is 4.57 Å². The first kappa shape index (κ1) is 14.4. The Morgan fingerprint density at radius 3 is 2.64 bits per heavy atom. The summed E-state index contributed by atoms with van der Waals surface area (Å²) in [6, 6.07) is 19.2. The molecule has 0 saturated heterocycles. The molecular weight excluding hydrogens is 276 g/mol. The Bertz CT molecular complexity index is 821. The molecule has 4 heteroatoms. The lowest BCUT2D eigenvalue weighted by atomic mass is 10.1. The average molecular weight is 294 g/mol. The lowest BCUT2D eigenvalue weighted by Crippen LogP contribution is -2.29. The number of hydrogen-bond donors (Lipinski definition) is 2. The van der Waals surface area contributed by atoms with Gasteiger partial charge < -0.3 is 14.4 Å². The van der Waals surface area contributed by atoms with Crippen LogP contribution in [0.3, 0.4) is 0 Å². The molecule has 4 nitrogen and oxygen atoms in total. The highest BCUT2D eigenvalue weighted by Crippen LogP contribution is 2.25. The van der Waals surface area contributed by atoms with Gasteiger partial charge in [-0.15, -0.1) is 0 Å². The Hall–Kier alpha value is -2.59. The lowest BCUT2D eigenvalue weighted by Gasteiger charge is -2.15. The molecule has 112 valence electrons. The highest BCUT2D eigenvalue weighted by molar-refractivity contribution is 5.88. The van der Waals surface area contributed by atoms with Crippen LogP contribution in [0.4, 0.5) is 0 Å². The number of pyridine rings is 1. The van der Waals surface area contributed by atoms with Gasteiger partial charge >= 0.3 is 0 Å². The Balaban J connectivity index is 1.69. The van der Waals surface area contributed by atoms with Gasteiger partial charge in [0.05, 0.1) is 6.54 Å². The molecule has 1 aromatic heterocycles. The van der Waals surface area contributed by atoms with Crippen LogP contribution < -0.4 is 10.2 Å². The van der Waals surface area contributed by atoms with Crippen LogP contribution in [0.1, 0.15) is 0 Å². The highest BCUT2D eigenvalue weighted by atomic mass is 16.5. The molecule has 2 N–H and O–H groups in total. The van der Waals surface area contributed by atoms with Crippen molar-refractivity contribution >= 4 is 10.8 Å². The molecule has 0 aliphatic carbocycles. The van der Waals surface area contributed by atoms with Crippen molar-refractivity contribution in [2.45, 2.75) is 12.6 Å². The predicted molar refractivity (Wildman–Crippen MR) is 85.7 cm³/mol.